The highest BCUT2D eigenvalue weighted by Gasteiger charge is 2.21. The van der Waals surface area contributed by atoms with Crippen LogP contribution in [0.5, 0.6) is 0 Å². The monoisotopic (exact) mass is 279 g/mol. The highest BCUT2D eigenvalue weighted by atomic mass is 32.1. The number of aromatic nitrogens is 4. The van der Waals surface area contributed by atoms with Crippen molar-refractivity contribution >= 4 is 16.5 Å². The number of anilines is 1. The first-order chi connectivity index (χ1) is 8.90. The van der Waals surface area contributed by atoms with E-state index in [4.69, 9.17) is 0 Å². The fraction of sp³-hybridized carbons (Fsp3) is 0.615. The maximum absolute atomic E-state index is 4.56. The standard InChI is InChI=1S/C13H21N5S/c1-6-10-15-16-12(19-10)14-7-9-8-18(5)17-11(9)13(2,3)4/h8H,6-7H2,1-5H3,(H,14,16). The van der Waals surface area contributed by atoms with Crippen molar-refractivity contribution in [2.75, 3.05) is 5.32 Å². The van der Waals surface area contributed by atoms with E-state index in [1.807, 2.05) is 11.7 Å². The molecule has 2 heterocycles. The highest BCUT2D eigenvalue weighted by Crippen LogP contribution is 2.25. The predicted octanol–water partition coefficient (Wildman–Crippen LogP) is 2.74. The van der Waals surface area contributed by atoms with Gasteiger partial charge in [0.05, 0.1) is 5.69 Å². The van der Waals surface area contributed by atoms with Crippen molar-refractivity contribution in [1.29, 1.82) is 0 Å². The second-order valence-electron chi connectivity index (χ2n) is 5.63. The van der Waals surface area contributed by atoms with E-state index >= 15 is 0 Å². The van der Waals surface area contributed by atoms with Crippen molar-refractivity contribution in [3.05, 3.63) is 22.5 Å². The lowest BCUT2D eigenvalue weighted by Gasteiger charge is -2.17. The SMILES string of the molecule is CCc1nnc(NCc2cn(C)nc2C(C)(C)C)s1. The van der Waals surface area contributed by atoms with E-state index in [1.165, 1.54) is 5.56 Å². The Morgan fingerprint density at radius 1 is 1.32 bits per heavy atom. The Labute approximate surface area is 118 Å². The second kappa shape index (κ2) is 5.28. The summed E-state index contributed by atoms with van der Waals surface area (Å²) in [6, 6.07) is 0. The summed E-state index contributed by atoms with van der Waals surface area (Å²) >= 11 is 1.61. The topological polar surface area (TPSA) is 55.6 Å². The number of aryl methyl sites for hydroxylation is 2. The van der Waals surface area contributed by atoms with Crippen molar-refractivity contribution in [2.45, 2.75) is 46.1 Å². The molecule has 0 saturated heterocycles. The Morgan fingerprint density at radius 3 is 2.63 bits per heavy atom. The fourth-order valence-electron chi connectivity index (χ4n) is 1.94. The molecule has 104 valence electrons. The Kier molecular flexibility index (Phi) is 3.89. The van der Waals surface area contributed by atoms with Crippen LogP contribution in [-0.2, 0) is 25.4 Å². The molecule has 0 unspecified atom stereocenters. The molecule has 6 heteroatoms. The molecule has 0 amide bonds. The molecule has 0 aliphatic rings. The van der Waals surface area contributed by atoms with Crippen LogP contribution in [-0.4, -0.2) is 20.0 Å². The lowest BCUT2D eigenvalue weighted by molar-refractivity contribution is 0.549. The zero-order valence-corrected chi connectivity index (χ0v) is 13.0. The molecule has 2 aromatic rings. The highest BCUT2D eigenvalue weighted by molar-refractivity contribution is 7.15. The summed E-state index contributed by atoms with van der Waals surface area (Å²) in [6.45, 7) is 9.36. The van der Waals surface area contributed by atoms with Crippen LogP contribution in [0.4, 0.5) is 5.13 Å². The minimum atomic E-state index is 0.0496. The number of nitrogens with one attached hydrogen (secondary N) is 1. The molecular formula is C13H21N5S. The van der Waals surface area contributed by atoms with Crippen molar-refractivity contribution < 1.29 is 0 Å². The van der Waals surface area contributed by atoms with Gasteiger partial charge in [0.1, 0.15) is 5.01 Å². The van der Waals surface area contributed by atoms with E-state index in [1.54, 1.807) is 11.3 Å². The van der Waals surface area contributed by atoms with Gasteiger partial charge in [-0.1, -0.05) is 39.0 Å². The molecule has 0 aliphatic heterocycles. The molecule has 0 spiro atoms. The molecule has 0 atom stereocenters. The van der Waals surface area contributed by atoms with Gasteiger partial charge in [0.25, 0.3) is 0 Å². The summed E-state index contributed by atoms with van der Waals surface area (Å²) < 4.78 is 1.87. The Balaban J connectivity index is 2.11. The third kappa shape index (κ3) is 3.32. The van der Waals surface area contributed by atoms with Crippen molar-refractivity contribution in [3.8, 4) is 0 Å². The number of nitrogens with zero attached hydrogens (tertiary/aromatic N) is 4. The van der Waals surface area contributed by atoms with Gasteiger partial charge in [0.2, 0.25) is 5.13 Å². The summed E-state index contributed by atoms with van der Waals surface area (Å²) in [7, 11) is 1.96. The van der Waals surface area contributed by atoms with E-state index in [0.29, 0.717) is 0 Å². The first-order valence-electron chi connectivity index (χ1n) is 6.49. The molecule has 0 aromatic carbocycles. The fourth-order valence-corrected chi connectivity index (χ4v) is 2.61. The normalized spacial score (nSPS) is 11.8. The Bertz CT molecular complexity index is 550. The third-order valence-corrected chi connectivity index (χ3v) is 3.84. The second-order valence-corrected chi connectivity index (χ2v) is 6.70. The lowest BCUT2D eigenvalue weighted by atomic mass is 9.89. The van der Waals surface area contributed by atoms with Crippen LogP contribution >= 0.6 is 11.3 Å². The zero-order valence-electron chi connectivity index (χ0n) is 12.2. The quantitative estimate of drug-likeness (QED) is 0.935. The molecule has 0 bridgehead atoms. The van der Waals surface area contributed by atoms with E-state index in [2.05, 4.69) is 54.5 Å². The lowest BCUT2D eigenvalue weighted by Crippen LogP contribution is -2.16. The van der Waals surface area contributed by atoms with Gasteiger partial charge in [-0.2, -0.15) is 5.10 Å². The van der Waals surface area contributed by atoms with E-state index < -0.39 is 0 Å². The maximum Gasteiger partial charge on any atom is 0.205 e. The van der Waals surface area contributed by atoms with E-state index in [-0.39, 0.29) is 5.41 Å². The third-order valence-electron chi connectivity index (χ3n) is 2.81. The van der Waals surface area contributed by atoms with Crippen LogP contribution in [0, 0.1) is 0 Å². The van der Waals surface area contributed by atoms with Crippen LogP contribution in [0.3, 0.4) is 0 Å². The Morgan fingerprint density at radius 2 is 2.05 bits per heavy atom. The molecule has 2 aromatic heterocycles. The van der Waals surface area contributed by atoms with Gasteiger partial charge < -0.3 is 5.32 Å². The minimum absolute atomic E-state index is 0.0496. The average Bonchev–Trinajstić information content (AvgIpc) is 2.91. The molecular weight excluding hydrogens is 258 g/mol. The van der Waals surface area contributed by atoms with Gasteiger partial charge >= 0.3 is 0 Å². The van der Waals surface area contributed by atoms with Gasteiger partial charge in [0, 0.05) is 30.8 Å². The first-order valence-corrected chi connectivity index (χ1v) is 7.31. The predicted molar refractivity (Wildman–Crippen MR) is 78.5 cm³/mol. The van der Waals surface area contributed by atoms with Gasteiger partial charge in [-0.05, 0) is 6.42 Å². The zero-order chi connectivity index (χ0) is 14.0. The summed E-state index contributed by atoms with van der Waals surface area (Å²) in [5.41, 5.74) is 2.39. The minimum Gasteiger partial charge on any atom is -0.356 e. The molecule has 5 nitrogen and oxygen atoms in total. The van der Waals surface area contributed by atoms with Crippen LogP contribution in [0.2, 0.25) is 0 Å². The molecule has 1 N–H and O–H groups in total. The summed E-state index contributed by atoms with van der Waals surface area (Å²) in [6.07, 6.45) is 2.99. The van der Waals surface area contributed by atoms with Crippen molar-refractivity contribution in [3.63, 3.8) is 0 Å². The number of hydrogen-bond donors (Lipinski definition) is 1. The Hall–Kier alpha value is -1.43. The van der Waals surface area contributed by atoms with Crippen LogP contribution < -0.4 is 5.32 Å². The van der Waals surface area contributed by atoms with Crippen LogP contribution in [0.15, 0.2) is 6.20 Å². The average molecular weight is 279 g/mol. The van der Waals surface area contributed by atoms with Gasteiger partial charge in [-0.25, -0.2) is 0 Å². The van der Waals surface area contributed by atoms with Crippen LogP contribution in [0.1, 0.15) is 44.0 Å². The molecule has 0 saturated carbocycles. The van der Waals surface area contributed by atoms with Crippen molar-refractivity contribution in [2.24, 2.45) is 7.05 Å². The van der Waals surface area contributed by atoms with E-state index in [9.17, 15) is 0 Å². The van der Waals surface area contributed by atoms with Crippen molar-refractivity contribution in [1.82, 2.24) is 20.0 Å². The number of hydrogen-bond acceptors (Lipinski definition) is 5. The maximum atomic E-state index is 4.56. The largest absolute Gasteiger partial charge is 0.356 e. The number of rotatable bonds is 4. The summed E-state index contributed by atoms with van der Waals surface area (Å²) in [5.74, 6) is 0. The first kappa shape index (κ1) is 14.0. The smallest absolute Gasteiger partial charge is 0.205 e. The van der Waals surface area contributed by atoms with Gasteiger partial charge in [0.15, 0.2) is 0 Å². The summed E-state index contributed by atoms with van der Waals surface area (Å²) in [4.78, 5) is 0. The van der Waals surface area contributed by atoms with Crippen LogP contribution in [0.25, 0.3) is 0 Å². The molecule has 0 aliphatic carbocycles. The molecule has 2 rings (SSSR count). The van der Waals surface area contributed by atoms with E-state index in [0.717, 1.165) is 28.8 Å². The molecule has 0 radical (unpaired) electrons. The van der Waals surface area contributed by atoms with Gasteiger partial charge in [-0.15, -0.1) is 10.2 Å². The summed E-state index contributed by atoms with van der Waals surface area (Å²) in [5, 5.41) is 18.1. The van der Waals surface area contributed by atoms with Gasteiger partial charge in [-0.3, -0.25) is 4.68 Å². The molecule has 0 fully saturated rings. The molecule has 19 heavy (non-hydrogen) atoms.